The van der Waals surface area contributed by atoms with Gasteiger partial charge in [0, 0.05) is 31.9 Å². The van der Waals surface area contributed by atoms with Crippen LogP contribution in [0.1, 0.15) is 6.42 Å². The van der Waals surface area contributed by atoms with Crippen molar-refractivity contribution in [2.24, 2.45) is 0 Å². The Morgan fingerprint density at radius 2 is 1.88 bits per heavy atom. The highest BCUT2D eigenvalue weighted by atomic mass is 16.5. The van der Waals surface area contributed by atoms with Crippen LogP contribution in [0, 0.1) is 0 Å². The first kappa shape index (κ1) is 19.5. The van der Waals surface area contributed by atoms with Gasteiger partial charge in [-0.15, -0.1) is 0 Å². The molecule has 0 aliphatic carbocycles. The molecule has 1 amide bonds. The van der Waals surface area contributed by atoms with Crippen LogP contribution in [0.2, 0.25) is 0 Å². The van der Waals surface area contributed by atoms with Gasteiger partial charge in [-0.2, -0.15) is 5.10 Å². The highest BCUT2D eigenvalue weighted by molar-refractivity contribution is 5.75. The number of benzene rings is 1. The Balaban J connectivity index is 2.22. The van der Waals surface area contributed by atoms with E-state index in [1.807, 2.05) is 12.1 Å². The summed E-state index contributed by atoms with van der Waals surface area (Å²) in [6.45, 7) is 0.866. The van der Waals surface area contributed by atoms with Gasteiger partial charge in [-0.25, -0.2) is 4.68 Å². The Hall–Kier alpha value is -2.87. The molecule has 0 spiro atoms. The van der Waals surface area contributed by atoms with E-state index in [1.54, 1.807) is 26.4 Å². The van der Waals surface area contributed by atoms with E-state index in [0.29, 0.717) is 36.8 Å². The Kier molecular flexibility index (Phi) is 7.16. The molecular weight excluding hydrogens is 338 g/mol. The first-order valence-corrected chi connectivity index (χ1v) is 8.15. The zero-order valence-electron chi connectivity index (χ0n) is 15.2. The van der Waals surface area contributed by atoms with Crippen LogP contribution in [0.15, 0.2) is 35.1 Å². The van der Waals surface area contributed by atoms with E-state index in [1.165, 1.54) is 13.2 Å². The fourth-order valence-electron chi connectivity index (χ4n) is 2.33. The topological polar surface area (TPSA) is 91.7 Å². The molecule has 26 heavy (non-hydrogen) atoms. The molecule has 8 nitrogen and oxygen atoms in total. The van der Waals surface area contributed by atoms with Crippen LogP contribution in [0.3, 0.4) is 0 Å². The molecule has 0 fully saturated rings. The van der Waals surface area contributed by atoms with Crippen molar-refractivity contribution in [3.8, 4) is 22.8 Å². The monoisotopic (exact) mass is 361 g/mol. The van der Waals surface area contributed by atoms with Crippen molar-refractivity contribution in [2.45, 2.75) is 13.0 Å². The number of hydrogen-bond acceptors (Lipinski definition) is 6. The van der Waals surface area contributed by atoms with Gasteiger partial charge in [-0.05, 0) is 30.7 Å². The largest absolute Gasteiger partial charge is 0.497 e. The maximum absolute atomic E-state index is 12.2. The first-order valence-electron chi connectivity index (χ1n) is 8.15. The van der Waals surface area contributed by atoms with E-state index >= 15 is 0 Å². The molecule has 1 heterocycles. The van der Waals surface area contributed by atoms with Crippen molar-refractivity contribution < 1.29 is 19.0 Å². The van der Waals surface area contributed by atoms with E-state index < -0.39 is 5.56 Å². The number of hydrogen-bond donors (Lipinski definition) is 1. The maximum Gasteiger partial charge on any atom is 0.270 e. The third kappa shape index (κ3) is 5.06. The minimum Gasteiger partial charge on any atom is -0.497 e. The van der Waals surface area contributed by atoms with Gasteiger partial charge in [0.2, 0.25) is 5.91 Å². The van der Waals surface area contributed by atoms with Gasteiger partial charge >= 0.3 is 0 Å². The number of carbonyl (C=O) groups is 1. The Bertz CT molecular complexity index is 786. The number of methoxy groups -OCH3 is 3. The molecule has 0 atom stereocenters. The zero-order chi connectivity index (χ0) is 18.9. The summed E-state index contributed by atoms with van der Waals surface area (Å²) in [5, 5.41) is 7.04. The molecule has 1 aromatic carbocycles. The van der Waals surface area contributed by atoms with Gasteiger partial charge in [-0.3, -0.25) is 9.59 Å². The molecule has 2 aromatic rings. The molecule has 0 saturated heterocycles. The van der Waals surface area contributed by atoms with E-state index in [4.69, 9.17) is 14.2 Å². The van der Waals surface area contributed by atoms with Gasteiger partial charge in [-0.1, -0.05) is 0 Å². The van der Waals surface area contributed by atoms with Crippen LogP contribution in [-0.4, -0.2) is 50.2 Å². The maximum atomic E-state index is 12.2. The predicted octanol–water partition coefficient (Wildman–Crippen LogP) is 1.08. The molecule has 0 aliphatic heterocycles. The minimum atomic E-state index is -0.411. The second-order valence-electron chi connectivity index (χ2n) is 5.48. The van der Waals surface area contributed by atoms with E-state index in [2.05, 4.69) is 10.4 Å². The summed E-state index contributed by atoms with van der Waals surface area (Å²) in [6, 6.07) is 8.51. The van der Waals surface area contributed by atoms with Crippen molar-refractivity contribution in [1.29, 1.82) is 0 Å². The zero-order valence-corrected chi connectivity index (χ0v) is 15.2. The third-order valence-corrected chi connectivity index (χ3v) is 3.69. The van der Waals surface area contributed by atoms with Crippen molar-refractivity contribution in [3.63, 3.8) is 0 Å². The van der Waals surface area contributed by atoms with Gasteiger partial charge < -0.3 is 19.5 Å². The SMILES string of the molecule is COCCCNC(=O)Cn1nc(-c2ccc(OC)cc2)c(OC)cc1=O. The lowest BCUT2D eigenvalue weighted by Gasteiger charge is -2.12. The van der Waals surface area contributed by atoms with Crippen LogP contribution in [0.4, 0.5) is 0 Å². The number of amides is 1. The van der Waals surface area contributed by atoms with Crippen molar-refractivity contribution in [2.75, 3.05) is 34.5 Å². The normalized spacial score (nSPS) is 10.4. The van der Waals surface area contributed by atoms with Crippen LogP contribution in [0.25, 0.3) is 11.3 Å². The Morgan fingerprint density at radius 3 is 2.50 bits per heavy atom. The van der Waals surface area contributed by atoms with Gasteiger partial charge in [0.25, 0.3) is 5.56 Å². The van der Waals surface area contributed by atoms with E-state index in [9.17, 15) is 9.59 Å². The molecule has 1 N–H and O–H groups in total. The van der Waals surface area contributed by atoms with Gasteiger partial charge in [0.1, 0.15) is 18.0 Å². The molecule has 2 rings (SSSR count). The quantitative estimate of drug-likeness (QED) is 0.672. The Morgan fingerprint density at radius 1 is 1.15 bits per heavy atom. The summed E-state index contributed by atoms with van der Waals surface area (Å²) >= 11 is 0. The van der Waals surface area contributed by atoms with Crippen LogP contribution >= 0.6 is 0 Å². The Labute approximate surface area is 151 Å². The third-order valence-electron chi connectivity index (χ3n) is 3.69. The number of carbonyl (C=O) groups excluding carboxylic acids is 1. The molecule has 0 unspecified atom stereocenters. The number of aromatic nitrogens is 2. The second kappa shape index (κ2) is 9.57. The van der Waals surface area contributed by atoms with Crippen LogP contribution in [-0.2, 0) is 16.1 Å². The second-order valence-corrected chi connectivity index (χ2v) is 5.48. The molecule has 0 bridgehead atoms. The van der Waals surface area contributed by atoms with Crippen molar-refractivity contribution in [3.05, 3.63) is 40.7 Å². The van der Waals surface area contributed by atoms with Crippen LogP contribution in [0.5, 0.6) is 11.5 Å². The fourth-order valence-corrected chi connectivity index (χ4v) is 2.33. The molecule has 0 radical (unpaired) electrons. The minimum absolute atomic E-state index is 0.168. The average Bonchev–Trinajstić information content (AvgIpc) is 2.66. The lowest BCUT2D eigenvalue weighted by molar-refractivity contribution is -0.121. The summed E-state index contributed by atoms with van der Waals surface area (Å²) in [5.41, 5.74) is 0.810. The lowest BCUT2D eigenvalue weighted by atomic mass is 10.1. The number of nitrogens with zero attached hydrogens (tertiary/aromatic N) is 2. The average molecular weight is 361 g/mol. The number of nitrogens with one attached hydrogen (secondary N) is 1. The summed E-state index contributed by atoms with van der Waals surface area (Å²) in [5.74, 6) is 0.759. The highest BCUT2D eigenvalue weighted by Gasteiger charge is 2.14. The summed E-state index contributed by atoms with van der Waals surface area (Å²) < 4.78 is 16.5. The first-order chi connectivity index (χ1) is 12.6. The smallest absolute Gasteiger partial charge is 0.270 e. The molecule has 1 aromatic heterocycles. The summed E-state index contributed by atoms with van der Waals surface area (Å²) in [6.07, 6.45) is 0.699. The summed E-state index contributed by atoms with van der Waals surface area (Å²) in [4.78, 5) is 24.2. The standard InChI is InChI=1S/C18H23N3O5/c1-24-10-4-9-19-16(22)12-21-17(23)11-15(26-3)18(20-21)13-5-7-14(25-2)8-6-13/h5-8,11H,4,9-10,12H2,1-3H3,(H,19,22). The van der Waals surface area contributed by atoms with Crippen molar-refractivity contribution in [1.82, 2.24) is 15.1 Å². The molecule has 8 heteroatoms. The molecule has 140 valence electrons. The van der Waals surface area contributed by atoms with E-state index in [-0.39, 0.29) is 12.5 Å². The predicted molar refractivity (Wildman–Crippen MR) is 96.5 cm³/mol. The molecule has 0 aliphatic rings. The highest BCUT2D eigenvalue weighted by Crippen LogP contribution is 2.27. The van der Waals surface area contributed by atoms with Crippen molar-refractivity contribution >= 4 is 5.91 Å². The number of rotatable bonds is 9. The number of ether oxygens (including phenoxy) is 3. The fraction of sp³-hybridized carbons (Fsp3) is 0.389. The van der Waals surface area contributed by atoms with E-state index in [0.717, 1.165) is 10.2 Å². The lowest BCUT2D eigenvalue weighted by Crippen LogP contribution is -2.34. The van der Waals surface area contributed by atoms with Crippen LogP contribution < -0.4 is 20.3 Å². The van der Waals surface area contributed by atoms with Gasteiger partial charge in [0.15, 0.2) is 5.75 Å². The van der Waals surface area contributed by atoms with Gasteiger partial charge in [0.05, 0.1) is 14.2 Å². The molecule has 0 saturated carbocycles. The summed E-state index contributed by atoms with van der Waals surface area (Å²) in [7, 11) is 4.65. The molecular formula is C18H23N3O5.